The van der Waals surface area contributed by atoms with Gasteiger partial charge in [0.2, 0.25) is 0 Å². The van der Waals surface area contributed by atoms with Gasteiger partial charge in [0, 0.05) is 13.0 Å². The molecule has 2 aromatic heterocycles. The van der Waals surface area contributed by atoms with Gasteiger partial charge in [-0.05, 0) is 34.9 Å². The maximum absolute atomic E-state index is 12.7. The van der Waals surface area contributed by atoms with Crippen LogP contribution in [-0.4, -0.2) is 36.6 Å². The number of aryl methyl sites for hydroxylation is 1. The van der Waals surface area contributed by atoms with Crippen molar-refractivity contribution in [2.24, 2.45) is 0 Å². The molecule has 4 aromatic rings. The molecule has 0 unspecified atom stereocenters. The van der Waals surface area contributed by atoms with E-state index < -0.39 is 5.97 Å². The molecule has 2 heterocycles. The van der Waals surface area contributed by atoms with E-state index in [1.165, 1.54) is 0 Å². The second-order valence-corrected chi connectivity index (χ2v) is 9.01. The highest BCUT2D eigenvalue weighted by Crippen LogP contribution is 2.27. The third kappa shape index (κ3) is 4.71. The number of nitrogens with one attached hydrogen (secondary N) is 1. The Hall–Kier alpha value is -3.39. The predicted molar refractivity (Wildman–Crippen MR) is 131 cm³/mol. The first-order valence-corrected chi connectivity index (χ1v) is 12.0. The Morgan fingerprint density at radius 2 is 1.88 bits per heavy atom. The number of carboxylic acids is 1. The molecule has 0 amide bonds. The minimum Gasteiger partial charge on any atom is -0.478 e. The SMILES string of the molecule is CCCCc1nc2c(SCC)n[nH]c(=O)c2n1Cc1ccc(-c2ccccc2C(=O)O)cc1. The number of carboxylic acid groups (broad SMARTS) is 1. The molecular formula is C25H26N4O3S. The normalized spacial score (nSPS) is 11.2. The number of benzene rings is 2. The zero-order valence-corrected chi connectivity index (χ0v) is 19.5. The van der Waals surface area contributed by atoms with Crippen molar-refractivity contribution < 1.29 is 9.90 Å². The number of imidazole rings is 1. The summed E-state index contributed by atoms with van der Waals surface area (Å²) in [6, 6.07) is 14.8. The lowest BCUT2D eigenvalue weighted by Crippen LogP contribution is -2.15. The van der Waals surface area contributed by atoms with Crippen LogP contribution in [0.15, 0.2) is 58.4 Å². The maximum Gasteiger partial charge on any atom is 0.336 e. The molecule has 33 heavy (non-hydrogen) atoms. The molecule has 0 saturated heterocycles. The average Bonchev–Trinajstić information content (AvgIpc) is 3.19. The van der Waals surface area contributed by atoms with Crippen molar-refractivity contribution in [2.45, 2.75) is 44.7 Å². The Morgan fingerprint density at radius 1 is 1.12 bits per heavy atom. The van der Waals surface area contributed by atoms with E-state index in [0.717, 1.165) is 47.0 Å². The van der Waals surface area contributed by atoms with E-state index in [1.807, 2.05) is 47.9 Å². The molecule has 0 aliphatic rings. The van der Waals surface area contributed by atoms with Crippen molar-refractivity contribution in [3.63, 3.8) is 0 Å². The Labute approximate surface area is 195 Å². The number of thioether (sulfide) groups is 1. The fourth-order valence-electron chi connectivity index (χ4n) is 3.91. The molecule has 0 bridgehead atoms. The van der Waals surface area contributed by atoms with Crippen LogP contribution in [0.5, 0.6) is 0 Å². The molecule has 8 heteroatoms. The Morgan fingerprint density at radius 3 is 2.58 bits per heavy atom. The zero-order chi connectivity index (χ0) is 23.4. The van der Waals surface area contributed by atoms with Gasteiger partial charge in [0.25, 0.3) is 5.56 Å². The number of carbonyl (C=O) groups is 1. The molecular weight excluding hydrogens is 436 g/mol. The van der Waals surface area contributed by atoms with E-state index >= 15 is 0 Å². The first kappa shape index (κ1) is 22.8. The smallest absolute Gasteiger partial charge is 0.336 e. The van der Waals surface area contributed by atoms with Crippen LogP contribution in [0, 0.1) is 0 Å². The van der Waals surface area contributed by atoms with Gasteiger partial charge in [-0.15, -0.1) is 11.8 Å². The van der Waals surface area contributed by atoms with Gasteiger partial charge in [-0.25, -0.2) is 14.9 Å². The number of rotatable bonds is 9. The number of fused-ring (bicyclic) bond motifs is 1. The monoisotopic (exact) mass is 462 g/mol. The molecule has 0 aliphatic carbocycles. The van der Waals surface area contributed by atoms with Crippen LogP contribution in [0.3, 0.4) is 0 Å². The average molecular weight is 463 g/mol. The molecule has 0 fully saturated rings. The van der Waals surface area contributed by atoms with Gasteiger partial charge in [-0.2, -0.15) is 5.10 Å². The molecule has 0 aliphatic heterocycles. The number of hydrogen-bond acceptors (Lipinski definition) is 5. The molecule has 2 N–H and O–H groups in total. The molecule has 0 atom stereocenters. The van der Waals surface area contributed by atoms with Crippen LogP contribution in [0.4, 0.5) is 0 Å². The molecule has 0 spiro atoms. The number of aromatic carboxylic acids is 1. The molecule has 7 nitrogen and oxygen atoms in total. The van der Waals surface area contributed by atoms with E-state index in [4.69, 9.17) is 4.98 Å². The van der Waals surface area contributed by atoms with Gasteiger partial charge in [0.1, 0.15) is 21.9 Å². The van der Waals surface area contributed by atoms with Gasteiger partial charge in [0.15, 0.2) is 0 Å². The van der Waals surface area contributed by atoms with Crippen molar-refractivity contribution in [2.75, 3.05) is 5.75 Å². The van der Waals surface area contributed by atoms with E-state index in [1.54, 1.807) is 23.9 Å². The van der Waals surface area contributed by atoms with E-state index in [2.05, 4.69) is 17.1 Å². The van der Waals surface area contributed by atoms with Crippen molar-refractivity contribution in [3.05, 3.63) is 75.8 Å². The topological polar surface area (TPSA) is 101 Å². The second kappa shape index (κ2) is 10.0. The van der Waals surface area contributed by atoms with Crippen molar-refractivity contribution in [1.82, 2.24) is 19.7 Å². The van der Waals surface area contributed by atoms with E-state index in [0.29, 0.717) is 23.1 Å². The molecule has 0 saturated carbocycles. The van der Waals surface area contributed by atoms with Gasteiger partial charge in [-0.1, -0.05) is 62.7 Å². The van der Waals surface area contributed by atoms with Crippen LogP contribution in [-0.2, 0) is 13.0 Å². The summed E-state index contributed by atoms with van der Waals surface area (Å²) in [6.07, 6.45) is 2.80. The third-order valence-electron chi connectivity index (χ3n) is 5.52. The zero-order valence-electron chi connectivity index (χ0n) is 18.7. The van der Waals surface area contributed by atoms with Gasteiger partial charge < -0.3 is 9.67 Å². The second-order valence-electron chi connectivity index (χ2n) is 7.75. The Balaban J connectivity index is 1.74. The lowest BCUT2D eigenvalue weighted by Gasteiger charge is -2.11. The first-order valence-electron chi connectivity index (χ1n) is 11.1. The van der Waals surface area contributed by atoms with Gasteiger partial charge in [-0.3, -0.25) is 4.79 Å². The summed E-state index contributed by atoms with van der Waals surface area (Å²) in [5.74, 6) is 0.766. The number of aromatic amines is 1. The third-order valence-corrected chi connectivity index (χ3v) is 6.37. The Bertz CT molecular complexity index is 1340. The van der Waals surface area contributed by atoms with Crippen LogP contribution < -0.4 is 5.56 Å². The minimum absolute atomic E-state index is 0.243. The van der Waals surface area contributed by atoms with Crippen LogP contribution in [0.2, 0.25) is 0 Å². The van der Waals surface area contributed by atoms with Gasteiger partial charge >= 0.3 is 5.97 Å². The van der Waals surface area contributed by atoms with Crippen molar-refractivity contribution in [1.29, 1.82) is 0 Å². The number of hydrogen-bond donors (Lipinski definition) is 2. The molecule has 2 aromatic carbocycles. The highest BCUT2D eigenvalue weighted by Gasteiger charge is 2.18. The van der Waals surface area contributed by atoms with E-state index in [9.17, 15) is 14.7 Å². The number of aromatic nitrogens is 4. The summed E-state index contributed by atoms with van der Waals surface area (Å²) in [5, 5.41) is 17.1. The number of unbranched alkanes of at least 4 members (excludes halogenated alkanes) is 1. The van der Waals surface area contributed by atoms with E-state index in [-0.39, 0.29) is 11.1 Å². The summed E-state index contributed by atoms with van der Waals surface area (Å²) in [4.78, 5) is 29.1. The number of H-pyrrole nitrogens is 1. The van der Waals surface area contributed by atoms with Gasteiger partial charge in [0.05, 0.1) is 5.56 Å². The van der Waals surface area contributed by atoms with Crippen LogP contribution >= 0.6 is 11.8 Å². The maximum atomic E-state index is 12.7. The summed E-state index contributed by atoms with van der Waals surface area (Å²) >= 11 is 1.56. The fourth-order valence-corrected chi connectivity index (χ4v) is 4.58. The highest BCUT2D eigenvalue weighted by molar-refractivity contribution is 7.99. The molecule has 170 valence electrons. The summed E-state index contributed by atoms with van der Waals surface area (Å²) in [5.41, 5.74) is 3.75. The minimum atomic E-state index is -0.950. The summed E-state index contributed by atoms with van der Waals surface area (Å²) < 4.78 is 1.99. The lowest BCUT2D eigenvalue weighted by molar-refractivity contribution is 0.0697. The lowest BCUT2D eigenvalue weighted by atomic mass is 9.99. The van der Waals surface area contributed by atoms with Crippen LogP contribution in [0.25, 0.3) is 22.2 Å². The number of nitrogens with zero attached hydrogens (tertiary/aromatic N) is 3. The first-order chi connectivity index (χ1) is 16.0. The van der Waals surface area contributed by atoms with Crippen molar-refractivity contribution in [3.8, 4) is 11.1 Å². The predicted octanol–water partition coefficient (Wildman–Crippen LogP) is 4.99. The molecule has 0 radical (unpaired) electrons. The highest BCUT2D eigenvalue weighted by atomic mass is 32.2. The fraction of sp³-hybridized carbons (Fsp3) is 0.280. The van der Waals surface area contributed by atoms with Crippen LogP contribution in [0.1, 0.15) is 48.4 Å². The standard InChI is InChI=1S/C25H26N4O3S/c1-3-5-10-20-26-21-22(23(30)27-28-24(21)33-4-2)29(20)15-16-11-13-17(14-12-16)18-8-6-7-9-19(18)25(31)32/h6-9,11-14H,3-5,10,15H2,1-2H3,(H,27,30)(H,31,32). The Kier molecular flexibility index (Phi) is 6.93. The largest absolute Gasteiger partial charge is 0.478 e. The molecule has 4 rings (SSSR count). The van der Waals surface area contributed by atoms with Crippen molar-refractivity contribution >= 4 is 28.8 Å². The quantitative estimate of drug-likeness (QED) is 0.340. The summed E-state index contributed by atoms with van der Waals surface area (Å²) in [7, 11) is 0. The summed E-state index contributed by atoms with van der Waals surface area (Å²) in [6.45, 7) is 4.68.